The average Bonchev–Trinajstić information content (AvgIpc) is 3.71. The Balaban J connectivity index is 0.941. The van der Waals surface area contributed by atoms with E-state index < -0.39 is 0 Å². The summed E-state index contributed by atoms with van der Waals surface area (Å²) in [6.07, 6.45) is 0. The fraction of sp³-hybridized carbons (Fsp3) is 0.0714. The number of hydrogen-bond acceptors (Lipinski definition) is 1. The summed E-state index contributed by atoms with van der Waals surface area (Å²) in [7, 11) is 0. The van der Waals surface area contributed by atoms with Crippen molar-refractivity contribution in [3.05, 3.63) is 217 Å². The van der Waals surface area contributed by atoms with Crippen LogP contribution in [-0.4, -0.2) is 4.57 Å². The van der Waals surface area contributed by atoms with E-state index in [0.29, 0.717) is 0 Å². The van der Waals surface area contributed by atoms with E-state index in [1.165, 1.54) is 88.3 Å². The highest BCUT2D eigenvalue weighted by Gasteiger charge is 2.35. The van der Waals surface area contributed by atoms with Gasteiger partial charge in [-0.2, -0.15) is 0 Å². The maximum absolute atomic E-state index is 2.42. The van der Waals surface area contributed by atoms with Gasteiger partial charge in [-0.15, -0.1) is 0 Å². The standard InChI is InChI=1S/C56H42N2/c1-37-17-30-50-51-35-42(24-32-54(51)58(55(50)33-37)47-29-22-38-11-7-8-12-41(38)34-47)39-18-25-45(26-19-39)57(44-13-5-4-6-14-44)46-27-20-40(21-28-46)43-23-31-49-48-15-9-10-16-52(48)56(2,3)53(49)36-43/h4-36H,1-3H3. The van der Waals surface area contributed by atoms with Crippen LogP contribution in [0.15, 0.2) is 200 Å². The molecule has 0 atom stereocenters. The lowest BCUT2D eigenvalue weighted by Crippen LogP contribution is -2.14. The predicted octanol–water partition coefficient (Wildman–Crippen LogP) is 15.4. The first-order valence-electron chi connectivity index (χ1n) is 20.3. The molecule has 1 aromatic heterocycles. The van der Waals surface area contributed by atoms with Gasteiger partial charge in [-0.25, -0.2) is 0 Å². The SMILES string of the molecule is Cc1ccc2c3cc(-c4ccc(N(c5ccccc5)c5ccc(-c6ccc7c(c6)C(C)(C)c6ccccc6-7)cc5)cc4)ccc3n(-c3ccc4ccccc4c3)c2c1. The van der Waals surface area contributed by atoms with Gasteiger partial charge >= 0.3 is 0 Å². The van der Waals surface area contributed by atoms with Gasteiger partial charge < -0.3 is 9.47 Å². The van der Waals surface area contributed by atoms with Crippen LogP contribution in [0, 0.1) is 6.92 Å². The molecule has 2 heteroatoms. The van der Waals surface area contributed by atoms with E-state index in [1.807, 2.05) is 0 Å². The van der Waals surface area contributed by atoms with E-state index in [1.54, 1.807) is 0 Å². The number of anilines is 3. The van der Waals surface area contributed by atoms with Crippen LogP contribution in [0.25, 0.3) is 71.6 Å². The van der Waals surface area contributed by atoms with Crippen molar-refractivity contribution in [3.63, 3.8) is 0 Å². The number of hydrogen-bond donors (Lipinski definition) is 0. The van der Waals surface area contributed by atoms with Gasteiger partial charge in [0.2, 0.25) is 0 Å². The fourth-order valence-electron chi connectivity index (χ4n) is 9.42. The van der Waals surface area contributed by atoms with Gasteiger partial charge in [-0.05, 0) is 141 Å². The second kappa shape index (κ2) is 13.2. The number of aromatic nitrogens is 1. The number of benzene rings is 9. The quantitative estimate of drug-likeness (QED) is 0.165. The Morgan fingerprint density at radius 1 is 0.397 bits per heavy atom. The molecule has 0 saturated carbocycles. The molecule has 0 saturated heterocycles. The minimum absolute atomic E-state index is 0.0280. The number of aryl methyl sites for hydroxylation is 1. The van der Waals surface area contributed by atoms with E-state index in [4.69, 9.17) is 0 Å². The number of para-hydroxylation sites is 1. The first-order valence-corrected chi connectivity index (χ1v) is 20.3. The number of rotatable bonds is 6. The zero-order valence-corrected chi connectivity index (χ0v) is 32.9. The molecule has 10 aromatic rings. The largest absolute Gasteiger partial charge is 0.311 e. The molecule has 0 amide bonds. The van der Waals surface area contributed by atoms with Crippen molar-refractivity contribution in [1.82, 2.24) is 4.57 Å². The van der Waals surface area contributed by atoms with Gasteiger partial charge in [0.15, 0.2) is 0 Å². The van der Waals surface area contributed by atoms with Gasteiger partial charge in [-0.3, -0.25) is 0 Å². The maximum Gasteiger partial charge on any atom is 0.0543 e. The third-order valence-corrected chi connectivity index (χ3v) is 12.4. The molecular weight excluding hydrogens is 701 g/mol. The van der Waals surface area contributed by atoms with Crippen molar-refractivity contribution in [1.29, 1.82) is 0 Å². The Hall–Kier alpha value is -7.16. The fourth-order valence-corrected chi connectivity index (χ4v) is 9.42. The van der Waals surface area contributed by atoms with Crippen LogP contribution < -0.4 is 4.90 Å². The topological polar surface area (TPSA) is 8.17 Å². The van der Waals surface area contributed by atoms with Crippen LogP contribution in [-0.2, 0) is 5.41 Å². The van der Waals surface area contributed by atoms with E-state index in [-0.39, 0.29) is 5.41 Å². The zero-order chi connectivity index (χ0) is 39.0. The molecular formula is C56H42N2. The maximum atomic E-state index is 2.42. The summed E-state index contributed by atoms with van der Waals surface area (Å²) in [6.45, 7) is 6.87. The van der Waals surface area contributed by atoms with Crippen molar-refractivity contribution in [2.45, 2.75) is 26.2 Å². The molecule has 276 valence electrons. The van der Waals surface area contributed by atoms with Crippen LogP contribution in [0.1, 0.15) is 30.5 Å². The number of fused-ring (bicyclic) bond motifs is 7. The molecule has 1 heterocycles. The lowest BCUT2D eigenvalue weighted by Gasteiger charge is -2.26. The van der Waals surface area contributed by atoms with Gasteiger partial charge in [0.25, 0.3) is 0 Å². The van der Waals surface area contributed by atoms with Crippen LogP contribution >= 0.6 is 0 Å². The van der Waals surface area contributed by atoms with E-state index in [9.17, 15) is 0 Å². The molecule has 0 N–H and O–H groups in total. The summed E-state index contributed by atoms with van der Waals surface area (Å²) in [5.74, 6) is 0. The second-order valence-electron chi connectivity index (χ2n) is 16.3. The van der Waals surface area contributed by atoms with Gasteiger partial charge in [-0.1, -0.05) is 141 Å². The normalized spacial score (nSPS) is 12.9. The first kappa shape index (κ1) is 34.1. The highest BCUT2D eigenvalue weighted by Crippen LogP contribution is 2.49. The molecule has 0 radical (unpaired) electrons. The molecule has 9 aromatic carbocycles. The Morgan fingerprint density at radius 3 is 1.76 bits per heavy atom. The monoisotopic (exact) mass is 742 g/mol. The molecule has 58 heavy (non-hydrogen) atoms. The Labute approximate surface area is 339 Å². The van der Waals surface area contributed by atoms with E-state index >= 15 is 0 Å². The molecule has 11 rings (SSSR count). The van der Waals surface area contributed by atoms with E-state index in [0.717, 1.165) is 17.1 Å². The molecule has 0 spiro atoms. The van der Waals surface area contributed by atoms with Crippen molar-refractivity contribution < 1.29 is 0 Å². The first-order chi connectivity index (χ1) is 28.4. The Morgan fingerprint density at radius 2 is 1.00 bits per heavy atom. The van der Waals surface area contributed by atoms with Crippen LogP contribution in [0.5, 0.6) is 0 Å². The Bertz CT molecular complexity index is 3190. The Kier molecular flexibility index (Phi) is 7.78. The predicted molar refractivity (Wildman–Crippen MR) is 246 cm³/mol. The molecule has 0 aliphatic heterocycles. The van der Waals surface area contributed by atoms with Crippen molar-refractivity contribution >= 4 is 49.6 Å². The van der Waals surface area contributed by atoms with Crippen LogP contribution in [0.3, 0.4) is 0 Å². The molecule has 0 bridgehead atoms. The average molecular weight is 743 g/mol. The van der Waals surface area contributed by atoms with Crippen molar-refractivity contribution in [3.8, 4) is 39.1 Å². The molecule has 2 nitrogen and oxygen atoms in total. The smallest absolute Gasteiger partial charge is 0.0543 e. The highest BCUT2D eigenvalue weighted by molar-refractivity contribution is 6.11. The third kappa shape index (κ3) is 5.48. The van der Waals surface area contributed by atoms with Crippen molar-refractivity contribution in [2.24, 2.45) is 0 Å². The lowest BCUT2D eigenvalue weighted by molar-refractivity contribution is 0.660. The van der Waals surface area contributed by atoms with Gasteiger partial charge in [0, 0.05) is 38.9 Å². The summed E-state index contributed by atoms with van der Waals surface area (Å²) in [5.41, 5.74) is 18.6. The summed E-state index contributed by atoms with van der Waals surface area (Å²) in [4.78, 5) is 2.35. The zero-order valence-electron chi connectivity index (χ0n) is 32.9. The third-order valence-electron chi connectivity index (χ3n) is 12.4. The lowest BCUT2D eigenvalue weighted by atomic mass is 9.81. The summed E-state index contributed by atoms with van der Waals surface area (Å²) < 4.78 is 2.42. The van der Waals surface area contributed by atoms with Gasteiger partial charge in [0.1, 0.15) is 0 Å². The van der Waals surface area contributed by atoms with Gasteiger partial charge in [0.05, 0.1) is 11.0 Å². The summed E-state index contributed by atoms with van der Waals surface area (Å²) >= 11 is 0. The summed E-state index contributed by atoms with van der Waals surface area (Å²) in [5, 5.41) is 5.02. The molecule has 0 unspecified atom stereocenters. The minimum atomic E-state index is -0.0280. The minimum Gasteiger partial charge on any atom is -0.311 e. The summed E-state index contributed by atoms with van der Waals surface area (Å²) in [6, 6.07) is 73.7. The van der Waals surface area contributed by atoms with Crippen molar-refractivity contribution in [2.75, 3.05) is 4.90 Å². The molecule has 1 aliphatic carbocycles. The highest BCUT2D eigenvalue weighted by atomic mass is 15.1. The number of nitrogens with zero attached hydrogens (tertiary/aromatic N) is 2. The second-order valence-corrected chi connectivity index (χ2v) is 16.3. The molecule has 0 fully saturated rings. The van der Waals surface area contributed by atoms with Crippen LogP contribution in [0.2, 0.25) is 0 Å². The van der Waals surface area contributed by atoms with Crippen LogP contribution in [0.4, 0.5) is 17.1 Å². The molecule has 1 aliphatic rings. The van der Waals surface area contributed by atoms with E-state index in [2.05, 4.69) is 230 Å².